The fourth-order valence-electron chi connectivity index (χ4n) is 0.612. The van der Waals surface area contributed by atoms with Crippen LogP contribution in [0.2, 0.25) is 0 Å². The molecule has 0 saturated heterocycles. The number of hydrogen-bond donors (Lipinski definition) is 2. The SMILES string of the molecule is [CH+]=c1[cH-]c(=[CH-])c(O)c[c+]1O. The van der Waals surface area contributed by atoms with Gasteiger partial charge in [-0.25, -0.2) is 6.07 Å². The maximum Gasteiger partial charge on any atom is 0.179 e. The summed E-state index contributed by atoms with van der Waals surface area (Å²) in [6.45, 7) is 10.5. The molecule has 1 rings (SSSR count). The Balaban J connectivity index is 3.59. The van der Waals surface area contributed by atoms with E-state index in [-0.39, 0.29) is 21.9 Å². The molecule has 0 aliphatic heterocycles. The van der Waals surface area contributed by atoms with Crippen molar-refractivity contribution in [1.82, 2.24) is 0 Å². The van der Waals surface area contributed by atoms with Crippen LogP contribution in [0.15, 0.2) is 12.1 Å². The molecule has 0 aliphatic carbocycles. The molecule has 50 valence electrons. The van der Waals surface area contributed by atoms with E-state index < -0.39 is 0 Å². The van der Waals surface area contributed by atoms with E-state index in [1.807, 2.05) is 0 Å². The quantitative estimate of drug-likeness (QED) is 0.477. The molecule has 0 unspecified atom stereocenters. The topological polar surface area (TPSA) is 40.5 Å². The van der Waals surface area contributed by atoms with Gasteiger partial charge < -0.3 is 22.0 Å². The normalized spacial score (nSPS) is 9.50. The van der Waals surface area contributed by atoms with Crippen molar-refractivity contribution in [2.24, 2.45) is 0 Å². The summed E-state index contributed by atoms with van der Waals surface area (Å²) in [5, 5.41) is 18.1. The first kappa shape index (κ1) is 6.59. The average molecular weight is 134 g/mol. The molecule has 0 aromatic heterocycles. The van der Waals surface area contributed by atoms with Gasteiger partial charge in [-0.1, -0.05) is 5.75 Å². The Hall–Kier alpha value is -1.53. The van der Waals surface area contributed by atoms with E-state index >= 15 is 0 Å². The lowest BCUT2D eigenvalue weighted by Gasteiger charge is -2.07. The van der Waals surface area contributed by atoms with E-state index in [4.69, 9.17) is 23.4 Å². The van der Waals surface area contributed by atoms with Crippen LogP contribution in [0.4, 0.5) is 0 Å². The van der Waals surface area contributed by atoms with Crippen molar-refractivity contribution >= 4 is 13.2 Å². The molecular formula is C8H6O2. The largest absolute Gasteiger partial charge is 0.620 e. The second kappa shape index (κ2) is 2.01. The maximum atomic E-state index is 8.88. The van der Waals surface area contributed by atoms with Crippen LogP contribution in [0.25, 0.3) is 13.2 Å². The minimum atomic E-state index is -0.160. The molecule has 0 aliphatic rings. The number of phenols is 2. The van der Waals surface area contributed by atoms with Gasteiger partial charge in [0, 0.05) is 0 Å². The summed E-state index contributed by atoms with van der Waals surface area (Å²) >= 11 is 0. The van der Waals surface area contributed by atoms with Crippen LogP contribution in [0, 0.1) is 0 Å². The molecule has 0 heterocycles. The highest BCUT2D eigenvalue weighted by Crippen LogP contribution is 2.04. The van der Waals surface area contributed by atoms with E-state index in [1.165, 1.54) is 6.07 Å². The Morgan fingerprint density at radius 1 is 1.70 bits per heavy atom. The van der Waals surface area contributed by atoms with Gasteiger partial charge in [-0.2, -0.15) is 0 Å². The number of benzene rings is 1. The van der Waals surface area contributed by atoms with Crippen LogP contribution in [0.5, 0.6) is 11.5 Å². The fraction of sp³-hybridized carbons (Fsp3) is 0. The molecule has 0 amide bonds. The lowest BCUT2D eigenvalue weighted by molar-refractivity contribution is 0.445. The predicted octanol–water partition coefficient (Wildman–Crippen LogP) is -0.328. The zero-order valence-corrected chi connectivity index (χ0v) is 5.20. The number of aromatic hydroxyl groups is 2. The first-order chi connectivity index (χ1) is 4.61. The highest BCUT2D eigenvalue weighted by atomic mass is 16.3. The standard InChI is InChI=1S/C8H6O2/c1-5-3-6(2)8(10)4-7(5)9/h1-4,9-10H. The molecule has 2 nitrogen and oxygen atoms in total. The van der Waals surface area contributed by atoms with Gasteiger partial charge in [0.25, 0.3) is 0 Å². The number of rotatable bonds is 0. The molecule has 2 heteroatoms. The van der Waals surface area contributed by atoms with Gasteiger partial charge in [-0.05, 0) is 12.6 Å². The second-order valence-corrected chi connectivity index (χ2v) is 1.97. The lowest BCUT2D eigenvalue weighted by atomic mass is 10.2. The smallest absolute Gasteiger partial charge is 0.179 e. The Kier molecular flexibility index (Phi) is 1.32. The first-order valence-electron chi connectivity index (χ1n) is 2.68. The van der Waals surface area contributed by atoms with Crippen LogP contribution >= 0.6 is 0 Å². The van der Waals surface area contributed by atoms with Gasteiger partial charge in [-0.3, -0.25) is 0 Å². The molecule has 1 aromatic rings. The summed E-state index contributed by atoms with van der Waals surface area (Å²) < 4.78 is 0. The van der Waals surface area contributed by atoms with Crippen molar-refractivity contribution in [2.75, 3.05) is 0 Å². The zero-order chi connectivity index (χ0) is 7.72. The Morgan fingerprint density at radius 3 is 2.80 bits per heavy atom. The van der Waals surface area contributed by atoms with Gasteiger partial charge in [0.05, 0.1) is 5.22 Å². The molecular weight excluding hydrogens is 128 g/mol. The van der Waals surface area contributed by atoms with Gasteiger partial charge in [-0.15, -0.1) is 0 Å². The van der Waals surface area contributed by atoms with Crippen LogP contribution in [0.3, 0.4) is 0 Å². The molecule has 10 heavy (non-hydrogen) atoms. The van der Waals surface area contributed by atoms with Crippen LogP contribution in [-0.2, 0) is 0 Å². The van der Waals surface area contributed by atoms with E-state index in [9.17, 15) is 0 Å². The minimum Gasteiger partial charge on any atom is -0.620 e. The molecule has 2 N–H and O–H groups in total. The molecule has 1 aromatic carbocycles. The average Bonchev–Trinajstić information content (AvgIpc) is 1.84. The molecule has 0 atom stereocenters. The number of phenolic OH excluding ortho intramolecular Hbond substituents is 2. The van der Waals surface area contributed by atoms with E-state index in [0.717, 1.165) is 6.07 Å². The van der Waals surface area contributed by atoms with Crippen molar-refractivity contribution in [3.8, 4) is 11.5 Å². The molecule has 0 bridgehead atoms. The van der Waals surface area contributed by atoms with Crippen molar-refractivity contribution < 1.29 is 10.2 Å². The third-order valence-electron chi connectivity index (χ3n) is 1.18. The molecule has 0 saturated carbocycles. The monoisotopic (exact) mass is 134 g/mol. The predicted molar refractivity (Wildman–Crippen MR) is 38.0 cm³/mol. The van der Waals surface area contributed by atoms with Crippen molar-refractivity contribution in [3.05, 3.63) is 22.6 Å². The highest BCUT2D eigenvalue weighted by Gasteiger charge is 1.85. The summed E-state index contributed by atoms with van der Waals surface area (Å²) in [7, 11) is 0. The Labute approximate surface area is 58.4 Å². The van der Waals surface area contributed by atoms with E-state index in [0.29, 0.717) is 0 Å². The molecule has 0 fully saturated rings. The Morgan fingerprint density at radius 2 is 2.30 bits per heavy atom. The van der Waals surface area contributed by atoms with Crippen LogP contribution in [0.1, 0.15) is 0 Å². The van der Waals surface area contributed by atoms with Gasteiger partial charge in [0.2, 0.25) is 0 Å². The maximum absolute atomic E-state index is 8.88. The number of hydrogen-bond acceptors (Lipinski definition) is 2. The fourth-order valence-corrected chi connectivity index (χ4v) is 0.612. The van der Waals surface area contributed by atoms with E-state index in [2.05, 4.69) is 0 Å². The summed E-state index contributed by atoms with van der Waals surface area (Å²) in [5.74, 6) is -0.321. The van der Waals surface area contributed by atoms with E-state index in [1.54, 1.807) is 0 Å². The zero-order valence-electron chi connectivity index (χ0n) is 5.20. The van der Waals surface area contributed by atoms with Gasteiger partial charge in [0.1, 0.15) is 0 Å². The summed E-state index contributed by atoms with van der Waals surface area (Å²) in [5.41, 5.74) is 0. The molecule has 0 spiro atoms. The molecule has 0 radical (unpaired) electrons. The summed E-state index contributed by atoms with van der Waals surface area (Å²) in [4.78, 5) is 0. The lowest BCUT2D eigenvalue weighted by Crippen LogP contribution is -2.08. The summed E-state index contributed by atoms with van der Waals surface area (Å²) in [6.07, 6.45) is 0. The second-order valence-electron chi connectivity index (χ2n) is 1.97. The van der Waals surface area contributed by atoms with Crippen LogP contribution < -0.4 is 10.4 Å². The van der Waals surface area contributed by atoms with Crippen molar-refractivity contribution in [2.45, 2.75) is 0 Å². The van der Waals surface area contributed by atoms with Crippen LogP contribution in [-0.4, -0.2) is 10.2 Å². The first-order valence-corrected chi connectivity index (χ1v) is 2.68. The Bertz CT molecular complexity index is 310. The van der Waals surface area contributed by atoms with Crippen molar-refractivity contribution in [3.63, 3.8) is 0 Å². The van der Waals surface area contributed by atoms with Crippen molar-refractivity contribution in [1.29, 1.82) is 0 Å². The highest BCUT2D eigenvalue weighted by molar-refractivity contribution is 5.36. The third kappa shape index (κ3) is 0.925. The third-order valence-corrected chi connectivity index (χ3v) is 1.18. The van der Waals surface area contributed by atoms with Gasteiger partial charge in [0.15, 0.2) is 5.75 Å². The summed E-state index contributed by atoms with van der Waals surface area (Å²) in [6, 6.07) is 2.40. The van der Waals surface area contributed by atoms with Gasteiger partial charge >= 0.3 is 0 Å². The minimum absolute atomic E-state index is 0.160.